The molecular weight excluding hydrogens is 274 g/mol. The van der Waals surface area contributed by atoms with Crippen LogP contribution in [0.5, 0.6) is 0 Å². The molecule has 2 aromatic rings. The van der Waals surface area contributed by atoms with Crippen molar-refractivity contribution in [3.8, 4) is 0 Å². The van der Waals surface area contributed by atoms with E-state index in [1.54, 1.807) is 35.9 Å². The quantitative estimate of drug-likeness (QED) is 0.874. The number of hydrogen-bond donors (Lipinski definition) is 1. The van der Waals surface area contributed by atoms with Gasteiger partial charge >= 0.3 is 0 Å². The summed E-state index contributed by atoms with van der Waals surface area (Å²) in [6.45, 7) is 0. The molecule has 1 heterocycles. The third-order valence-electron chi connectivity index (χ3n) is 2.36. The Morgan fingerprint density at radius 2 is 2.11 bits per heavy atom. The minimum atomic E-state index is -3.67. The Kier molecular flexibility index (Phi) is 3.58. The summed E-state index contributed by atoms with van der Waals surface area (Å²) in [6, 6.07) is 6.98. The number of halogens is 1. The second-order valence-corrected chi connectivity index (χ2v) is 5.67. The summed E-state index contributed by atoms with van der Waals surface area (Å²) >= 11 is 5.76. The Labute approximate surface area is 110 Å². The first-order chi connectivity index (χ1) is 8.53. The number of rotatable bonds is 4. The maximum absolute atomic E-state index is 12.1. The van der Waals surface area contributed by atoms with Gasteiger partial charge in [0.2, 0.25) is 0 Å². The molecule has 96 valence electrons. The van der Waals surface area contributed by atoms with Gasteiger partial charge < -0.3 is 4.57 Å². The van der Waals surface area contributed by atoms with E-state index >= 15 is 0 Å². The SMILES string of the molecule is Cn1cnc(S(=O)(=O)Nc2ccccc2CCl)c1. The second kappa shape index (κ2) is 4.99. The number of nitrogens with zero attached hydrogens (tertiary/aromatic N) is 2. The van der Waals surface area contributed by atoms with Gasteiger partial charge in [0.25, 0.3) is 10.0 Å². The van der Waals surface area contributed by atoms with E-state index < -0.39 is 10.0 Å². The Hall–Kier alpha value is -1.53. The zero-order valence-electron chi connectivity index (χ0n) is 9.67. The van der Waals surface area contributed by atoms with Gasteiger partial charge in [-0.1, -0.05) is 18.2 Å². The monoisotopic (exact) mass is 285 g/mol. The number of alkyl halides is 1. The Balaban J connectivity index is 2.33. The van der Waals surface area contributed by atoms with Crippen LogP contribution in [0.3, 0.4) is 0 Å². The smallest absolute Gasteiger partial charge is 0.280 e. The molecule has 7 heteroatoms. The molecule has 2 rings (SSSR count). The molecule has 0 fully saturated rings. The van der Waals surface area contributed by atoms with Crippen molar-refractivity contribution in [2.45, 2.75) is 10.9 Å². The van der Waals surface area contributed by atoms with Gasteiger partial charge in [0, 0.05) is 19.1 Å². The van der Waals surface area contributed by atoms with Crippen molar-refractivity contribution >= 4 is 27.3 Å². The van der Waals surface area contributed by atoms with Gasteiger partial charge in [-0.25, -0.2) is 4.98 Å². The van der Waals surface area contributed by atoms with Crippen molar-refractivity contribution < 1.29 is 8.42 Å². The molecule has 0 unspecified atom stereocenters. The molecule has 0 saturated carbocycles. The maximum Gasteiger partial charge on any atom is 0.280 e. The molecule has 1 N–H and O–H groups in total. The summed E-state index contributed by atoms with van der Waals surface area (Å²) in [4.78, 5) is 3.82. The lowest BCUT2D eigenvalue weighted by atomic mass is 10.2. The summed E-state index contributed by atoms with van der Waals surface area (Å²) in [5, 5.41) is -0.0191. The number of sulfonamides is 1. The topological polar surface area (TPSA) is 64.0 Å². The molecule has 0 aliphatic carbocycles. The Bertz CT molecular complexity index is 652. The van der Waals surface area contributed by atoms with Gasteiger partial charge in [-0.3, -0.25) is 4.72 Å². The lowest BCUT2D eigenvalue weighted by Gasteiger charge is -2.09. The van der Waals surface area contributed by atoms with Gasteiger partial charge in [0.15, 0.2) is 5.03 Å². The van der Waals surface area contributed by atoms with E-state index in [-0.39, 0.29) is 10.9 Å². The van der Waals surface area contributed by atoms with Crippen molar-refractivity contribution in [1.29, 1.82) is 0 Å². The van der Waals surface area contributed by atoms with E-state index in [1.165, 1.54) is 12.5 Å². The third kappa shape index (κ3) is 2.65. The Morgan fingerprint density at radius 1 is 1.39 bits per heavy atom. The maximum atomic E-state index is 12.1. The summed E-state index contributed by atoms with van der Waals surface area (Å²) in [6.07, 6.45) is 2.87. The number of benzene rings is 1. The summed E-state index contributed by atoms with van der Waals surface area (Å²) < 4.78 is 28.2. The fourth-order valence-corrected chi connectivity index (χ4v) is 2.78. The van der Waals surface area contributed by atoms with E-state index in [1.807, 2.05) is 0 Å². The number of anilines is 1. The lowest BCUT2D eigenvalue weighted by Crippen LogP contribution is -2.14. The summed E-state index contributed by atoms with van der Waals surface area (Å²) in [5.41, 5.74) is 1.19. The number of imidazole rings is 1. The first-order valence-electron chi connectivity index (χ1n) is 5.17. The van der Waals surface area contributed by atoms with E-state index in [4.69, 9.17) is 11.6 Å². The summed E-state index contributed by atoms with van der Waals surface area (Å²) in [5.74, 6) is 0.237. The van der Waals surface area contributed by atoms with E-state index in [2.05, 4.69) is 9.71 Å². The molecule has 0 aliphatic heterocycles. The molecule has 0 spiro atoms. The van der Waals surface area contributed by atoms with Crippen LogP contribution >= 0.6 is 11.6 Å². The number of aromatic nitrogens is 2. The van der Waals surface area contributed by atoms with Gasteiger partial charge in [-0.15, -0.1) is 11.6 Å². The van der Waals surface area contributed by atoms with Crippen LogP contribution in [-0.2, 0) is 23.0 Å². The average Bonchev–Trinajstić information content (AvgIpc) is 2.77. The van der Waals surface area contributed by atoms with Crippen LogP contribution in [0, 0.1) is 0 Å². The molecule has 0 amide bonds. The molecule has 0 saturated heterocycles. The predicted octanol–water partition coefficient (Wildman–Crippen LogP) is 1.96. The fourth-order valence-electron chi connectivity index (χ4n) is 1.46. The number of hydrogen-bond acceptors (Lipinski definition) is 3. The van der Waals surface area contributed by atoms with Crippen LogP contribution in [0.25, 0.3) is 0 Å². The highest BCUT2D eigenvalue weighted by Gasteiger charge is 2.18. The van der Waals surface area contributed by atoms with E-state index in [9.17, 15) is 8.42 Å². The highest BCUT2D eigenvalue weighted by Crippen LogP contribution is 2.20. The Morgan fingerprint density at radius 3 is 2.72 bits per heavy atom. The number of para-hydroxylation sites is 1. The van der Waals surface area contributed by atoms with Crippen LogP contribution < -0.4 is 4.72 Å². The molecule has 0 aliphatic rings. The average molecular weight is 286 g/mol. The molecule has 1 aromatic carbocycles. The van der Waals surface area contributed by atoms with Gasteiger partial charge in [-0.05, 0) is 11.6 Å². The van der Waals surface area contributed by atoms with Crippen molar-refractivity contribution in [2.24, 2.45) is 7.05 Å². The highest BCUT2D eigenvalue weighted by atomic mass is 35.5. The van der Waals surface area contributed by atoms with Gasteiger partial charge in [0.05, 0.1) is 12.0 Å². The highest BCUT2D eigenvalue weighted by molar-refractivity contribution is 7.92. The van der Waals surface area contributed by atoms with Crippen LogP contribution in [0.2, 0.25) is 0 Å². The molecule has 0 bridgehead atoms. The van der Waals surface area contributed by atoms with Crippen LogP contribution in [0.1, 0.15) is 5.56 Å². The first kappa shape index (κ1) is 12.9. The van der Waals surface area contributed by atoms with Crippen LogP contribution in [0.4, 0.5) is 5.69 Å². The minimum absolute atomic E-state index is 0.0191. The first-order valence-corrected chi connectivity index (χ1v) is 7.19. The van der Waals surface area contributed by atoms with Gasteiger partial charge in [-0.2, -0.15) is 8.42 Å². The normalized spacial score (nSPS) is 11.4. The van der Waals surface area contributed by atoms with Crippen molar-refractivity contribution in [3.05, 3.63) is 42.4 Å². The fraction of sp³-hybridized carbons (Fsp3) is 0.182. The molecule has 0 radical (unpaired) electrons. The predicted molar refractivity (Wildman–Crippen MR) is 70.0 cm³/mol. The van der Waals surface area contributed by atoms with Gasteiger partial charge in [0.1, 0.15) is 0 Å². The van der Waals surface area contributed by atoms with E-state index in [0.717, 1.165) is 5.56 Å². The van der Waals surface area contributed by atoms with E-state index in [0.29, 0.717) is 5.69 Å². The zero-order valence-corrected chi connectivity index (χ0v) is 11.2. The minimum Gasteiger partial charge on any atom is -0.339 e. The standard InChI is InChI=1S/C11H12ClN3O2S/c1-15-7-11(13-8-15)18(16,17)14-10-5-3-2-4-9(10)6-12/h2-5,7-8,14H,6H2,1H3. The largest absolute Gasteiger partial charge is 0.339 e. The molecule has 0 atom stereocenters. The zero-order chi connectivity index (χ0) is 13.2. The third-order valence-corrected chi connectivity index (χ3v) is 3.90. The molecule has 18 heavy (non-hydrogen) atoms. The molecule has 1 aromatic heterocycles. The van der Waals surface area contributed by atoms with Crippen LogP contribution in [0.15, 0.2) is 41.8 Å². The lowest BCUT2D eigenvalue weighted by molar-refractivity contribution is 0.598. The molecular formula is C11H12ClN3O2S. The number of nitrogens with one attached hydrogen (secondary N) is 1. The van der Waals surface area contributed by atoms with Crippen LogP contribution in [-0.4, -0.2) is 18.0 Å². The summed E-state index contributed by atoms with van der Waals surface area (Å²) in [7, 11) is -1.96. The van der Waals surface area contributed by atoms with Crippen molar-refractivity contribution in [1.82, 2.24) is 9.55 Å². The second-order valence-electron chi connectivity index (χ2n) is 3.77. The number of aryl methyl sites for hydroxylation is 1. The van der Waals surface area contributed by atoms with Crippen molar-refractivity contribution in [3.63, 3.8) is 0 Å². The molecule has 5 nitrogen and oxygen atoms in total. The van der Waals surface area contributed by atoms with Crippen molar-refractivity contribution in [2.75, 3.05) is 4.72 Å².